The molecule has 0 aliphatic carbocycles. The maximum Gasteiger partial charge on any atom is 0.428 e. The Labute approximate surface area is 164 Å². The fourth-order valence-corrected chi connectivity index (χ4v) is 2.34. The molecule has 0 unspecified atom stereocenters. The van der Waals surface area contributed by atoms with Crippen molar-refractivity contribution in [2.45, 2.75) is 33.8 Å². The molecule has 2 amide bonds. The van der Waals surface area contributed by atoms with Crippen LogP contribution < -0.4 is 15.5 Å². The number of hydrogen-bond donors (Lipinski definition) is 2. The zero-order valence-corrected chi connectivity index (χ0v) is 16.5. The van der Waals surface area contributed by atoms with Gasteiger partial charge in [-0.05, 0) is 61.7 Å². The Morgan fingerprint density at radius 1 is 1.04 bits per heavy atom. The first-order chi connectivity index (χ1) is 13.4. The molecule has 0 saturated carbocycles. The number of nitrogens with zero attached hydrogens (tertiary/aromatic N) is 1. The molecule has 0 aromatic heterocycles. The molecule has 0 atom stereocenters. The van der Waals surface area contributed by atoms with Crippen LogP contribution in [0.5, 0.6) is 5.75 Å². The van der Waals surface area contributed by atoms with Gasteiger partial charge in [0, 0.05) is 11.4 Å². The summed E-state index contributed by atoms with van der Waals surface area (Å²) in [5.41, 5.74) is 6.56. The summed E-state index contributed by atoms with van der Waals surface area (Å²) in [6, 6.07) is 12.9. The zero-order chi connectivity index (χ0) is 20.5. The van der Waals surface area contributed by atoms with E-state index in [4.69, 9.17) is 9.47 Å². The standard InChI is InChI=1S/C21H25N3O4/c1-14-5-8-18(11-15(14)2)22-20(25)12-16(3)23-24-21(26)28-13-17-6-9-19(27-4)10-7-17/h5-11H,12-13H2,1-4H3,(H,22,25)(H,24,26)/b23-16+. The maximum atomic E-state index is 12.1. The predicted molar refractivity (Wildman–Crippen MR) is 109 cm³/mol. The Morgan fingerprint density at radius 3 is 2.39 bits per heavy atom. The number of ether oxygens (including phenoxy) is 2. The number of rotatable bonds is 7. The Kier molecular flexibility index (Phi) is 7.56. The van der Waals surface area contributed by atoms with Crippen molar-refractivity contribution in [2.24, 2.45) is 5.10 Å². The molecular weight excluding hydrogens is 358 g/mol. The number of carbonyl (C=O) groups is 2. The molecule has 0 bridgehead atoms. The van der Waals surface area contributed by atoms with Crippen molar-refractivity contribution in [3.63, 3.8) is 0 Å². The Hall–Kier alpha value is -3.35. The number of aryl methyl sites for hydroxylation is 2. The molecule has 7 nitrogen and oxygen atoms in total. The second kappa shape index (κ2) is 10.1. The van der Waals surface area contributed by atoms with Gasteiger partial charge in [0.15, 0.2) is 0 Å². The van der Waals surface area contributed by atoms with E-state index in [-0.39, 0.29) is 18.9 Å². The molecule has 0 heterocycles. The van der Waals surface area contributed by atoms with Gasteiger partial charge in [0.05, 0.1) is 13.5 Å². The molecule has 2 aromatic carbocycles. The number of hydrazone groups is 1. The van der Waals surface area contributed by atoms with E-state index in [0.29, 0.717) is 5.71 Å². The molecule has 0 aliphatic heterocycles. The Morgan fingerprint density at radius 2 is 1.75 bits per heavy atom. The lowest BCUT2D eigenvalue weighted by Gasteiger charge is -2.08. The van der Waals surface area contributed by atoms with Gasteiger partial charge in [-0.1, -0.05) is 18.2 Å². The number of hydrogen-bond acceptors (Lipinski definition) is 5. The van der Waals surface area contributed by atoms with Crippen LogP contribution in [0.4, 0.5) is 10.5 Å². The lowest BCUT2D eigenvalue weighted by Crippen LogP contribution is -2.22. The Bertz CT molecular complexity index is 860. The summed E-state index contributed by atoms with van der Waals surface area (Å²) in [5.74, 6) is 0.519. The highest BCUT2D eigenvalue weighted by Gasteiger charge is 2.07. The number of anilines is 1. The highest BCUT2D eigenvalue weighted by molar-refractivity contribution is 6.05. The van der Waals surface area contributed by atoms with E-state index in [1.807, 2.05) is 32.0 Å². The third kappa shape index (κ3) is 6.75. The molecular formula is C21H25N3O4. The predicted octanol–water partition coefficient (Wildman–Crippen LogP) is 3.94. The van der Waals surface area contributed by atoms with E-state index in [1.165, 1.54) is 0 Å². The average molecular weight is 383 g/mol. The molecule has 2 aromatic rings. The van der Waals surface area contributed by atoms with Crippen LogP contribution in [0.15, 0.2) is 47.6 Å². The fourth-order valence-electron chi connectivity index (χ4n) is 2.34. The van der Waals surface area contributed by atoms with Crippen molar-refractivity contribution in [1.82, 2.24) is 5.43 Å². The van der Waals surface area contributed by atoms with Crippen LogP contribution in [0.3, 0.4) is 0 Å². The van der Waals surface area contributed by atoms with Crippen LogP contribution in [0.2, 0.25) is 0 Å². The molecule has 2 N–H and O–H groups in total. The summed E-state index contributed by atoms with van der Waals surface area (Å²) >= 11 is 0. The second-order valence-corrected chi connectivity index (χ2v) is 6.41. The van der Waals surface area contributed by atoms with E-state index < -0.39 is 6.09 Å². The minimum Gasteiger partial charge on any atom is -0.497 e. The van der Waals surface area contributed by atoms with E-state index in [2.05, 4.69) is 15.8 Å². The number of benzene rings is 2. The van der Waals surface area contributed by atoms with E-state index in [9.17, 15) is 9.59 Å². The Balaban J connectivity index is 1.76. The molecule has 148 valence electrons. The van der Waals surface area contributed by atoms with Crippen molar-refractivity contribution in [2.75, 3.05) is 12.4 Å². The molecule has 2 rings (SSSR count). The zero-order valence-electron chi connectivity index (χ0n) is 16.5. The second-order valence-electron chi connectivity index (χ2n) is 6.41. The summed E-state index contributed by atoms with van der Waals surface area (Å²) in [6.45, 7) is 5.76. The molecule has 0 radical (unpaired) electrons. The number of nitrogens with one attached hydrogen (secondary N) is 2. The lowest BCUT2D eigenvalue weighted by molar-refractivity contribution is -0.115. The average Bonchev–Trinajstić information content (AvgIpc) is 2.68. The topological polar surface area (TPSA) is 89.0 Å². The smallest absolute Gasteiger partial charge is 0.428 e. The number of methoxy groups -OCH3 is 1. The van der Waals surface area contributed by atoms with Gasteiger partial charge in [-0.15, -0.1) is 0 Å². The molecule has 0 saturated heterocycles. The van der Waals surface area contributed by atoms with Crippen molar-refractivity contribution in [3.8, 4) is 5.75 Å². The quantitative estimate of drug-likeness (QED) is 0.560. The maximum absolute atomic E-state index is 12.1. The van der Waals surface area contributed by atoms with E-state index in [1.54, 1.807) is 38.3 Å². The highest BCUT2D eigenvalue weighted by Crippen LogP contribution is 2.14. The van der Waals surface area contributed by atoms with Crippen molar-refractivity contribution < 1.29 is 19.1 Å². The minimum absolute atomic E-state index is 0.0612. The molecule has 0 aliphatic rings. The van der Waals surface area contributed by atoms with Gasteiger partial charge in [-0.25, -0.2) is 10.2 Å². The van der Waals surface area contributed by atoms with Crippen LogP contribution in [0.1, 0.15) is 30.0 Å². The summed E-state index contributed by atoms with van der Waals surface area (Å²) < 4.78 is 10.1. The summed E-state index contributed by atoms with van der Waals surface area (Å²) in [6.07, 6.45) is -0.629. The SMILES string of the molecule is COc1ccc(COC(=O)N/N=C(\C)CC(=O)Nc2ccc(C)c(C)c2)cc1. The molecule has 7 heteroatoms. The van der Waals surface area contributed by atoms with Gasteiger partial charge in [0.2, 0.25) is 5.91 Å². The van der Waals surface area contributed by atoms with Gasteiger partial charge in [0.25, 0.3) is 0 Å². The summed E-state index contributed by atoms with van der Waals surface area (Å²) in [5, 5.41) is 6.70. The summed E-state index contributed by atoms with van der Waals surface area (Å²) in [4.78, 5) is 23.8. The first-order valence-electron chi connectivity index (χ1n) is 8.83. The van der Waals surface area contributed by atoms with Crippen LogP contribution in [0.25, 0.3) is 0 Å². The van der Waals surface area contributed by atoms with Gasteiger partial charge < -0.3 is 14.8 Å². The molecule has 0 spiro atoms. The van der Waals surface area contributed by atoms with Crippen LogP contribution >= 0.6 is 0 Å². The largest absolute Gasteiger partial charge is 0.497 e. The number of carbonyl (C=O) groups excluding carboxylic acids is 2. The monoisotopic (exact) mass is 383 g/mol. The third-order valence-electron chi connectivity index (χ3n) is 4.07. The van der Waals surface area contributed by atoms with Crippen molar-refractivity contribution in [1.29, 1.82) is 0 Å². The number of amides is 2. The lowest BCUT2D eigenvalue weighted by atomic mass is 10.1. The van der Waals surface area contributed by atoms with E-state index >= 15 is 0 Å². The molecule has 0 fully saturated rings. The van der Waals surface area contributed by atoms with E-state index in [0.717, 1.165) is 28.1 Å². The normalized spacial score (nSPS) is 10.9. The first kappa shape index (κ1) is 21.0. The van der Waals surface area contributed by atoms with Crippen LogP contribution in [-0.4, -0.2) is 24.8 Å². The minimum atomic E-state index is -0.690. The van der Waals surface area contributed by atoms with Crippen LogP contribution in [-0.2, 0) is 16.1 Å². The van der Waals surface area contributed by atoms with Gasteiger partial charge in [-0.2, -0.15) is 5.10 Å². The van der Waals surface area contributed by atoms with Gasteiger partial charge in [-0.3, -0.25) is 4.79 Å². The highest BCUT2D eigenvalue weighted by atomic mass is 16.6. The third-order valence-corrected chi connectivity index (χ3v) is 4.07. The van der Waals surface area contributed by atoms with Crippen molar-refractivity contribution >= 4 is 23.4 Å². The van der Waals surface area contributed by atoms with Crippen LogP contribution in [0, 0.1) is 13.8 Å². The van der Waals surface area contributed by atoms with Crippen molar-refractivity contribution in [3.05, 3.63) is 59.2 Å². The van der Waals surface area contributed by atoms with Gasteiger partial charge >= 0.3 is 6.09 Å². The van der Waals surface area contributed by atoms with Gasteiger partial charge in [0.1, 0.15) is 12.4 Å². The first-order valence-corrected chi connectivity index (χ1v) is 8.83. The summed E-state index contributed by atoms with van der Waals surface area (Å²) in [7, 11) is 1.58. The molecule has 28 heavy (non-hydrogen) atoms. The fraction of sp³-hybridized carbons (Fsp3) is 0.286.